The Kier molecular flexibility index (Phi) is 5.40. The van der Waals surface area contributed by atoms with Crippen LogP contribution in [-0.4, -0.2) is 34.3 Å². The number of aliphatic hydroxyl groups excluding tert-OH is 1. The second kappa shape index (κ2) is 5.77. The molecule has 0 aliphatic carbocycles. The van der Waals surface area contributed by atoms with Crippen LogP contribution in [0.3, 0.4) is 0 Å². The van der Waals surface area contributed by atoms with Crippen molar-refractivity contribution in [3.05, 3.63) is 11.8 Å². The van der Waals surface area contributed by atoms with E-state index >= 15 is 0 Å². The fourth-order valence-electron chi connectivity index (χ4n) is 0.383. The number of carboxylic acids is 1. The van der Waals surface area contributed by atoms with Crippen LogP contribution in [-0.2, 0) is 18.4 Å². The second-order valence-corrected chi connectivity index (χ2v) is 3.64. The van der Waals surface area contributed by atoms with Gasteiger partial charge in [-0.05, 0) is 6.92 Å². The summed E-state index contributed by atoms with van der Waals surface area (Å²) in [5.74, 6) is -1.27. The van der Waals surface area contributed by atoms with Crippen molar-refractivity contribution in [2.24, 2.45) is 0 Å². The third-order valence-electron chi connectivity index (χ3n) is 1.05. The van der Waals surface area contributed by atoms with E-state index in [1.54, 1.807) is 0 Å². The summed E-state index contributed by atoms with van der Waals surface area (Å²) in [6.07, 6.45) is 0.612. The SMILES string of the molecule is CC(=COP(=O)(O)OCCO)C(=O)O. The second-order valence-electron chi connectivity index (χ2n) is 2.24. The molecule has 1 atom stereocenters. The van der Waals surface area contributed by atoms with Crippen LogP contribution in [0.25, 0.3) is 0 Å². The smallest absolute Gasteiger partial charge is 0.478 e. The van der Waals surface area contributed by atoms with Gasteiger partial charge >= 0.3 is 13.8 Å². The predicted octanol–water partition coefficient (Wildman–Crippen LogP) is 0.101. The number of phosphoric ester groups is 1. The average Bonchev–Trinajstić information content (AvgIpc) is 2.11. The molecule has 0 aromatic rings. The van der Waals surface area contributed by atoms with E-state index in [4.69, 9.17) is 15.1 Å². The molecule has 82 valence electrons. The van der Waals surface area contributed by atoms with Gasteiger partial charge in [0.2, 0.25) is 0 Å². The highest BCUT2D eigenvalue weighted by molar-refractivity contribution is 7.47. The van der Waals surface area contributed by atoms with E-state index < -0.39 is 20.4 Å². The highest BCUT2D eigenvalue weighted by atomic mass is 31.2. The number of phosphoric acid groups is 1. The molecule has 0 amide bonds. The Morgan fingerprint density at radius 1 is 1.57 bits per heavy atom. The van der Waals surface area contributed by atoms with Crippen molar-refractivity contribution in [3.8, 4) is 0 Å². The molecule has 0 aromatic heterocycles. The number of rotatable bonds is 6. The van der Waals surface area contributed by atoms with Crippen molar-refractivity contribution in [3.63, 3.8) is 0 Å². The van der Waals surface area contributed by atoms with Crippen molar-refractivity contribution >= 4 is 13.8 Å². The minimum absolute atomic E-state index is 0.244. The molecular formula is C6H11O7P. The molecule has 0 saturated carbocycles. The fraction of sp³-hybridized carbons (Fsp3) is 0.500. The highest BCUT2D eigenvalue weighted by Gasteiger charge is 2.20. The summed E-state index contributed by atoms with van der Waals surface area (Å²) in [4.78, 5) is 19.1. The number of hydrogen-bond acceptors (Lipinski definition) is 5. The van der Waals surface area contributed by atoms with Gasteiger partial charge < -0.3 is 14.7 Å². The minimum atomic E-state index is -4.30. The fourth-order valence-corrected chi connectivity index (χ4v) is 1.05. The van der Waals surface area contributed by atoms with Crippen molar-refractivity contribution in [2.75, 3.05) is 13.2 Å². The Morgan fingerprint density at radius 2 is 2.14 bits per heavy atom. The van der Waals surface area contributed by atoms with E-state index in [0.717, 1.165) is 0 Å². The molecule has 0 rings (SSSR count). The summed E-state index contributed by atoms with van der Waals surface area (Å²) in [7, 11) is -4.30. The van der Waals surface area contributed by atoms with Crippen LogP contribution in [0.5, 0.6) is 0 Å². The van der Waals surface area contributed by atoms with Crippen molar-refractivity contribution in [2.45, 2.75) is 6.92 Å². The van der Waals surface area contributed by atoms with Gasteiger partial charge in [-0.2, -0.15) is 0 Å². The third-order valence-corrected chi connectivity index (χ3v) is 1.93. The Labute approximate surface area is 80.2 Å². The molecule has 0 saturated heterocycles. The molecule has 0 aromatic carbocycles. The number of carbonyl (C=O) groups is 1. The lowest BCUT2D eigenvalue weighted by atomic mass is 10.4. The van der Waals surface area contributed by atoms with E-state index in [9.17, 15) is 9.36 Å². The zero-order chi connectivity index (χ0) is 11.2. The van der Waals surface area contributed by atoms with E-state index in [1.165, 1.54) is 6.92 Å². The molecule has 7 nitrogen and oxygen atoms in total. The van der Waals surface area contributed by atoms with Gasteiger partial charge in [-0.15, -0.1) is 0 Å². The molecule has 0 aliphatic rings. The molecule has 14 heavy (non-hydrogen) atoms. The van der Waals surface area contributed by atoms with Gasteiger partial charge in [0.1, 0.15) is 6.26 Å². The van der Waals surface area contributed by atoms with Gasteiger partial charge in [0.25, 0.3) is 0 Å². The number of aliphatic carboxylic acids is 1. The number of carboxylic acid groups (broad SMARTS) is 1. The van der Waals surface area contributed by atoms with E-state index in [0.29, 0.717) is 6.26 Å². The van der Waals surface area contributed by atoms with Gasteiger partial charge in [0, 0.05) is 0 Å². The number of aliphatic hydroxyl groups is 1. The molecule has 0 heterocycles. The normalized spacial score (nSPS) is 16.1. The van der Waals surface area contributed by atoms with Gasteiger partial charge in [-0.3, -0.25) is 9.42 Å². The molecule has 0 radical (unpaired) electrons. The average molecular weight is 226 g/mol. The molecule has 8 heteroatoms. The lowest BCUT2D eigenvalue weighted by molar-refractivity contribution is -0.132. The Hall–Kier alpha value is -0.880. The topological polar surface area (TPSA) is 113 Å². The lowest BCUT2D eigenvalue weighted by Gasteiger charge is -2.08. The lowest BCUT2D eigenvalue weighted by Crippen LogP contribution is -2.00. The summed E-state index contributed by atoms with van der Waals surface area (Å²) >= 11 is 0. The first-order valence-corrected chi connectivity index (χ1v) is 5.05. The minimum Gasteiger partial charge on any atom is -0.478 e. The van der Waals surface area contributed by atoms with Crippen LogP contribution in [0.4, 0.5) is 0 Å². The maximum Gasteiger partial charge on any atom is 0.526 e. The van der Waals surface area contributed by atoms with Gasteiger partial charge in [0.05, 0.1) is 18.8 Å². The third kappa shape index (κ3) is 5.71. The van der Waals surface area contributed by atoms with E-state index in [1.807, 2.05) is 0 Å². The largest absolute Gasteiger partial charge is 0.526 e. The molecule has 0 aliphatic heterocycles. The summed E-state index contributed by atoms with van der Waals surface area (Å²) < 4.78 is 19.3. The first-order valence-electron chi connectivity index (χ1n) is 3.55. The number of hydrogen-bond donors (Lipinski definition) is 3. The molecular weight excluding hydrogens is 215 g/mol. The van der Waals surface area contributed by atoms with Crippen molar-refractivity contribution < 1.29 is 33.5 Å². The quantitative estimate of drug-likeness (QED) is 0.334. The van der Waals surface area contributed by atoms with Crippen LogP contribution >= 0.6 is 7.82 Å². The molecule has 1 unspecified atom stereocenters. The van der Waals surface area contributed by atoms with Gasteiger partial charge in [-0.1, -0.05) is 0 Å². The molecule has 0 spiro atoms. The van der Waals surface area contributed by atoms with Crippen LogP contribution in [0, 0.1) is 0 Å². The van der Waals surface area contributed by atoms with Crippen LogP contribution in [0.2, 0.25) is 0 Å². The Balaban J connectivity index is 4.17. The standard InChI is InChI=1S/C6H11O7P/c1-5(6(8)9)4-13-14(10,11)12-3-2-7/h4,7H,2-3H2,1H3,(H,8,9)(H,10,11). The first-order chi connectivity index (χ1) is 6.39. The highest BCUT2D eigenvalue weighted by Crippen LogP contribution is 2.43. The summed E-state index contributed by atoms with van der Waals surface area (Å²) in [5.41, 5.74) is -0.244. The Bertz CT molecular complexity index is 271. The van der Waals surface area contributed by atoms with Crippen molar-refractivity contribution in [1.82, 2.24) is 0 Å². The Morgan fingerprint density at radius 3 is 2.57 bits per heavy atom. The van der Waals surface area contributed by atoms with Gasteiger partial charge in [-0.25, -0.2) is 9.36 Å². The van der Waals surface area contributed by atoms with Crippen molar-refractivity contribution in [1.29, 1.82) is 0 Å². The monoisotopic (exact) mass is 226 g/mol. The molecule has 3 N–H and O–H groups in total. The van der Waals surface area contributed by atoms with E-state index in [2.05, 4.69) is 9.05 Å². The van der Waals surface area contributed by atoms with E-state index in [-0.39, 0.29) is 12.2 Å². The van der Waals surface area contributed by atoms with Gasteiger partial charge in [0.15, 0.2) is 0 Å². The summed E-state index contributed by atoms with van der Waals surface area (Å²) in [5, 5.41) is 16.6. The maximum atomic E-state index is 10.9. The van der Waals surface area contributed by atoms with Crippen LogP contribution < -0.4 is 0 Å². The predicted molar refractivity (Wildman–Crippen MR) is 45.3 cm³/mol. The first kappa shape index (κ1) is 13.1. The van der Waals surface area contributed by atoms with Crippen LogP contribution in [0.1, 0.15) is 6.92 Å². The maximum absolute atomic E-state index is 10.9. The summed E-state index contributed by atoms with van der Waals surface area (Å²) in [6.45, 7) is 0.387. The zero-order valence-electron chi connectivity index (χ0n) is 7.41. The molecule has 0 fully saturated rings. The summed E-state index contributed by atoms with van der Waals surface area (Å²) in [6, 6.07) is 0. The molecule has 0 bridgehead atoms. The van der Waals surface area contributed by atoms with Crippen LogP contribution in [0.15, 0.2) is 11.8 Å². The zero-order valence-corrected chi connectivity index (χ0v) is 8.31.